The van der Waals surface area contributed by atoms with Crippen LogP contribution in [0.2, 0.25) is 0 Å². The lowest BCUT2D eigenvalue weighted by Gasteiger charge is -2.10. The lowest BCUT2D eigenvalue weighted by atomic mass is 10.1. The molecule has 1 aromatic heterocycles. The van der Waals surface area contributed by atoms with Crippen LogP contribution in [-0.2, 0) is 9.47 Å². The fourth-order valence-electron chi connectivity index (χ4n) is 1.93. The lowest BCUT2D eigenvalue weighted by molar-refractivity contribution is 0.0468. The highest BCUT2D eigenvalue weighted by molar-refractivity contribution is 6.03. The highest BCUT2D eigenvalue weighted by atomic mass is 16.5. The zero-order valence-electron chi connectivity index (χ0n) is 13.1. The molecule has 0 unspecified atom stereocenters. The maximum absolute atomic E-state index is 12.0. The number of carbonyl (C=O) groups is 2. The summed E-state index contributed by atoms with van der Waals surface area (Å²) in [4.78, 5) is 24.0. The number of benzene rings is 1. The van der Waals surface area contributed by atoms with Crippen molar-refractivity contribution in [1.82, 2.24) is 0 Å². The SMILES string of the molecule is COCCCOC(=O)c1ccc(C)c(NC(=O)c2ccco2)c1. The first-order chi connectivity index (χ1) is 11.1. The number of hydrogen-bond acceptors (Lipinski definition) is 5. The van der Waals surface area contributed by atoms with Crippen LogP contribution in [0.5, 0.6) is 0 Å². The van der Waals surface area contributed by atoms with Crippen molar-refractivity contribution < 1.29 is 23.5 Å². The van der Waals surface area contributed by atoms with Crippen molar-refractivity contribution in [1.29, 1.82) is 0 Å². The largest absolute Gasteiger partial charge is 0.462 e. The summed E-state index contributed by atoms with van der Waals surface area (Å²) in [6, 6.07) is 8.21. The molecule has 1 aromatic carbocycles. The molecule has 1 heterocycles. The van der Waals surface area contributed by atoms with E-state index in [9.17, 15) is 9.59 Å². The van der Waals surface area contributed by atoms with Crippen molar-refractivity contribution in [2.24, 2.45) is 0 Å². The van der Waals surface area contributed by atoms with E-state index in [1.165, 1.54) is 6.26 Å². The van der Waals surface area contributed by atoms with Gasteiger partial charge in [-0.1, -0.05) is 6.07 Å². The number of ether oxygens (including phenoxy) is 2. The number of nitrogens with one attached hydrogen (secondary N) is 1. The molecule has 0 aliphatic heterocycles. The zero-order chi connectivity index (χ0) is 16.7. The summed E-state index contributed by atoms with van der Waals surface area (Å²) in [5.41, 5.74) is 1.75. The van der Waals surface area contributed by atoms with Crippen molar-refractivity contribution in [3.05, 3.63) is 53.5 Å². The topological polar surface area (TPSA) is 77.8 Å². The fourth-order valence-corrected chi connectivity index (χ4v) is 1.93. The van der Waals surface area contributed by atoms with Crippen molar-refractivity contribution in [3.8, 4) is 0 Å². The summed E-state index contributed by atoms with van der Waals surface area (Å²) in [7, 11) is 1.59. The zero-order valence-corrected chi connectivity index (χ0v) is 13.1. The minimum absolute atomic E-state index is 0.206. The predicted molar refractivity (Wildman–Crippen MR) is 84.6 cm³/mol. The normalized spacial score (nSPS) is 10.3. The Hall–Kier alpha value is -2.60. The van der Waals surface area contributed by atoms with Crippen LogP contribution in [0.1, 0.15) is 32.9 Å². The summed E-state index contributed by atoms with van der Waals surface area (Å²) < 4.78 is 15.1. The quantitative estimate of drug-likeness (QED) is 0.627. The minimum atomic E-state index is -0.436. The van der Waals surface area contributed by atoms with Crippen LogP contribution in [0.4, 0.5) is 5.69 Å². The molecule has 2 aromatic rings. The van der Waals surface area contributed by atoms with Crippen LogP contribution >= 0.6 is 0 Å². The molecule has 0 aliphatic carbocycles. The number of anilines is 1. The summed E-state index contributed by atoms with van der Waals surface area (Å²) in [5.74, 6) is -0.602. The smallest absolute Gasteiger partial charge is 0.338 e. The predicted octanol–water partition coefficient (Wildman–Crippen LogP) is 3.03. The van der Waals surface area contributed by atoms with Gasteiger partial charge >= 0.3 is 5.97 Å². The Labute approximate surface area is 134 Å². The van der Waals surface area contributed by atoms with Gasteiger partial charge in [-0.2, -0.15) is 0 Å². The molecule has 6 heteroatoms. The molecule has 6 nitrogen and oxygen atoms in total. The van der Waals surface area contributed by atoms with Crippen molar-refractivity contribution in [2.45, 2.75) is 13.3 Å². The molecule has 2 rings (SSSR count). The first-order valence-corrected chi connectivity index (χ1v) is 7.23. The number of rotatable bonds is 7. The second-order valence-electron chi connectivity index (χ2n) is 4.94. The van der Waals surface area contributed by atoms with Crippen molar-refractivity contribution >= 4 is 17.6 Å². The Bertz CT molecular complexity index is 664. The van der Waals surface area contributed by atoms with Crippen LogP contribution in [0.3, 0.4) is 0 Å². The summed E-state index contributed by atoms with van der Waals surface area (Å²) >= 11 is 0. The monoisotopic (exact) mass is 317 g/mol. The standard InChI is InChI=1S/C17H19NO5/c1-12-6-7-13(17(20)23-10-4-8-21-2)11-14(12)18-16(19)15-5-3-9-22-15/h3,5-7,9,11H,4,8,10H2,1-2H3,(H,18,19). The van der Waals surface area contributed by atoms with Gasteiger partial charge in [-0.25, -0.2) is 4.79 Å². The Kier molecular flexibility index (Phi) is 5.94. The molecule has 122 valence electrons. The molecule has 0 radical (unpaired) electrons. The third-order valence-corrected chi connectivity index (χ3v) is 3.19. The van der Waals surface area contributed by atoms with Gasteiger partial charge in [0.1, 0.15) is 0 Å². The minimum Gasteiger partial charge on any atom is -0.462 e. The van der Waals surface area contributed by atoms with Crippen LogP contribution in [0, 0.1) is 6.92 Å². The molecule has 0 bridgehead atoms. The molecule has 0 spiro atoms. The van der Waals surface area contributed by atoms with Gasteiger partial charge in [0, 0.05) is 25.8 Å². The Morgan fingerprint density at radius 2 is 2.04 bits per heavy atom. The van der Waals surface area contributed by atoms with Crippen LogP contribution in [-0.4, -0.2) is 32.2 Å². The Morgan fingerprint density at radius 3 is 2.74 bits per heavy atom. The van der Waals surface area contributed by atoms with Crippen LogP contribution < -0.4 is 5.32 Å². The Balaban J connectivity index is 2.03. The number of aryl methyl sites for hydroxylation is 1. The van der Waals surface area contributed by atoms with Gasteiger partial charge in [0.25, 0.3) is 5.91 Å². The van der Waals surface area contributed by atoms with Gasteiger partial charge in [-0.05, 0) is 36.8 Å². The third-order valence-electron chi connectivity index (χ3n) is 3.19. The highest BCUT2D eigenvalue weighted by Crippen LogP contribution is 2.19. The average Bonchev–Trinajstić information content (AvgIpc) is 3.08. The maximum Gasteiger partial charge on any atom is 0.338 e. The van der Waals surface area contributed by atoms with E-state index in [1.807, 2.05) is 6.92 Å². The number of furan rings is 1. The van der Waals surface area contributed by atoms with E-state index >= 15 is 0 Å². The molecular formula is C17H19NO5. The van der Waals surface area contributed by atoms with E-state index in [0.29, 0.717) is 24.3 Å². The molecule has 0 aliphatic rings. The number of amides is 1. The Morgan fingerprint density at radius 1 is 1.22 bits per heavy atom. The molecule has 0 saturated carbocycles. The van der Waals surface area contributed by atoms with E-state index < -0.39 is 5.97 Å². The lowest BCUT2D eigenvalue weighted by Crippen LogP contribution is -2.13. The van der Waals surface area contributed by atoms with E-state index in [4.69, 9.17) is 13.9 Å². The summed E-state index contributed by atoms with van der Waals surface area (Å²) in [5, 5.41) is 2.72. The maximum atomic E-state index is 12.0. The average molecular weight is 317 g/mol. The van der Waals surface area contributed by atoms with E-state index in [-0.39, 0.29) is 18.3 Å². The molecular weight excluding hydrogens is 298 g/mol. The van der Waals surface area contributed by atoms with Crippen LogP contribution in [0.25, 0.3) is 0 Å². The number of carbonyl (C=O) groups excluding carboxylic acids is 2. The van der Waals surface area contributed by atoms with Gasteiger partial charge in [0.15, 0.2) is 5.76 Å². The molecule has 1 amide bonds. The van der Waals surface area contributed by atoms with Gasteiger partial charge in [0.2, 0.25) is 0 Å². The van der Waals surface area contributed by atoms with Crippen molar-refractivity contribution in [2.75, 3.05) is 25.6 Å². The second kappa shape index (κ2) is 8.14. The molecule has 23 heavy (non-hydrogen) atoms. The van der Waals surface area contributed by atoms with Gasteiger partial charge < -0.3 is 19.2 Å². The first kappa shape index (κ1) is 16.8. The number of hydrogen-bond donors (Lipinski definition) is 1. The number of methoxy groups -OCH3 is 1. The summed E-state index contributed by atoms with van der Waals surface area (Å²) in [6.45, 7) is 2.66. The molecule has 0 fully saturated rings. The fraction of sp³-hybridized carbons (Fsp3) is 0.294. The van der Waals surface area contributed by atoms with Gasteiger partial charge in [-0.3, -0.25) is 4.79 Å². The van der Waals surface area contributed by atoms with E-state index in [1.54, 1.807) is 37.4 Å². The van der Waals surface area contributed by atoms with Crippen molar-refractivity contribution in [3.63, 3.8) is 0 Å². The highest BCUT2D eigenvalue weighted by Gasteiger charge is 2.13. The van der Waals surface area contributed by atoms with E-state index in [0.717, 1.165) is 5.56 Å². The summed E-state index contributed by atoms with van der Waals surface area (Å²) in [6.07, 6.45) is 2.06. The first-order valence-electron chi connectivity index (χ1n) is 7.23. The molecule has 0 atom stereocenters. The van der Waals surface area contributed by atoms with Gasteiger partial charge in [-0.15, -0.1) is 0 Å². The molecule has 0 saturated heterocycles. The van der Waals surface area contributed by atoms with Gasteiger partial charge in [0.05, 0.1) is 18.4 Å². The third kappa shape index (κ3) is 4.69. The number of esters is 1. The second-order valence-corrected chi connectivity index (χ2v) is 4.94. The van der Waals surface area contributed by atoms with Crippen LogP contribution in [0.15, 0.2) is 41.0 Å². The van der Waals surface area contributed by atoms with E-state index in [2.05, 4.69) is 5.32 Å². The molecule has 1 N–H and O–H groups in total.